The summed E-state index contributed by atoms with van der Waals surface area (Å²) in [6.45, 7) is 2.19. The Balaban J connectivity index is 2.49. The molecule has 6 nitrogen and oxygen atoms in total. The van der Waals surface area contributed by atoms with Crippen LogP contribution in [0.15, 0.2) is 0 Å². The SMILES string of the molecule is CC(N)COC1CCC(C#N)C(C(=O)O)N1. The fraction of sp³-hybridized carbons (Fsp3) is 0.800. The van der Waals surface area contributed by atoms with Gasteiger partial charge >= 0.3 is 5.97 Å². The average molecular weight is 227 g/mol. The molecule has 0 radical (unpaired) electrons. The molecule has 0 aromatic heterocycles. The van der Waals surface area contributed by atoms with Crippen molar-refractivity contribution in [2.45, 2.75) is 38.1 Å². The van der Waals surface area contributed by atoms with Crippen molar-refractivity contribution in [2.24, 2.45) is 11.7 Å². The molecule has 16 heavy (non-hydrogen) atoms. The molecule has 6 heteroatoms. The number of nitrogens with two attached hydrogens (primary N) is 1. The van der Waals surface area contributed by atoms with Crippen molar-refractivity contribution < 1.29 is 14.6 Å². The van der Waals surface area contributed by atoms with Gasteiger partial charge in [-0.05, 0) is 19.8 Å². The van der Waals surface area contributed by atoms with Gasteiger partial charge in [-0.25, -0.2) is 0 Å². The monoisotopic (exact) mass is 227 g/mol. The van der Waals surface area contributed by atoms with E-state index in [4.69, 9.17) is 20.8 Å². The summed E-state index contributed by atoms with van der Waals surface area (Å²) >= 11 is 0. The predicted octanol–water partition coefficient (Wildman–Crippen LogP) is -0.347. The highest BCUT2D eigenvalue weighted by Gasteiger charge is 2.35. The van der Waals surface area contributed by atoms with Crippen LogP contribution in [0.2, 0.25) is 0 Å². The van der Waals surface area contributed by atoms with Crippen molar-refractivity contribution >= 4 is 5.97 Å². The Morgan fingerprint density at radius 3 is 2.94 bits per heavy atom. The summed E-state index contributed by atoms with van der Waals surface area (Å²) in [5, 5.41) is 20.6. The third kappa shape index (κ3) is 3.45. The number of ether oxygens (including phenoxy) is 1. The van der Waals surface area contributed by atoms with E-state index in [1.807, 2.05) is 13.0 Å². The number of hydrogen-bond donors (Lipinski definition) is 3. The summed E-state index contributed by atoms with van der Waals surface area (Å²) in [5.74, 6) is -1.51. The van der Waals surface area contributed by atoms with Crippen LogP contribution in [-0.2, 0) is 9.53 Å². The highest BCUT2D eigenvalue weighted by Crippen LogP contribution is 2.20. The Labute approximate surface area is 94.4 Å². The zero-order valence-electron chi connectivity index (χ0n) is 9.22. The molecule has 1 aliphatic rings. The fourth-order valence-electron chi connectivity index (χ4n) is 1.68. The summed E-state index contributed by atoms with van der Waals surface area (Å²) in [4.78, 5) is 10.9. The molecule has 0 bridgehead atoms. The van der Waals surface area contributed by atoms with Crippen molar-refractivity contribution in [2.75, 3.05) is 6.61 Å². The Bertz CT molecular complexity index is 288. The van der Waals surface area contributed by atoms with E-state index in [0.717, 1.165) is 0 Å². The Hall–Kier alpha value is -1.16. The highest BCUT2D eigenvalue weighted by molar-refractivity contribution is 5.74. The lowest BCUT2D eigenvalue weighted by Gasteiger charge is -2.32. The molecular formula is C10H17N3O3. The van der Waals surface area contributed by atoms with Gasteiger partial charge in [0.15, 0.2) is 0 Å². The molecule has 1 aliphatic heterocycles. The molecule has 0 aromatic carbocycles. The minimum absolute atomic E-state index is 0.0845. The molecule has 4 atom stereocenters. The van der Waals surface area contributed by atoms with Crippen molar-refractivity contribution in [3.63, 3.8) is 0 Å². The summed E-state index contributed by atoms with van der Waals surface area (Å²) in [6, 6.07) is 1.06. The van der Waals surface area contributed by atoms with Gasteiger partial charge in [0.1, 0.15) is 12.3 Å². The maximum atomic E-state index is 10.9. The molecule has 0 spiro atoms. The smallest absolute Gasteiger partial charge is 0.322 e. The summed E-state index contributed by atoms with van der Waals surface area (Å²) in [6.07, 6.45) is 0.843. The second-order valence-corrected chi connectivity index (χ2v) is 4.09. The molecule has 1 fully saturated rings. The number of rotatable bonds is 4. The number of hydrogen-bond acceptors (Lipinski definition) is 5. The van der Waals surface area contributed by atoms with Gasteiger partial charge < -0.3 is 15.6 Å². The van der Waals surface area contributed by atoms with Crippen molar-refractivity contribution in [3.05, 3.63) is 0 Å². The van der Waals surface area contributed by atoms with Crippen LogP contribution in [0.25, 0.3) is 0 Å². The first-order valence-electron chi connectivity index (χ1n) is 5.30. The van der Waals surface area contributed by atoms with Crippen LogP contribution in [-0.4, -0.2) is 36.0 Å². The second kappa shape index (κ2) is 5.80. The molecule has 0 saturated carbocycles. The molecule has 1 rings (SSSR count). The van der Waals surface area contributed by atoms with E-state index in [-0.39, 0.29) is 12.3 Å². The third-order valence-electron chi connectivity index (χ3n) is 2.50. The molecule has 0 amide bonds. The maximum absolute atomic E-state index is 10.9. The van der Waals surface area contributed by atoms with Gasteiger partial charge in [-0.1, -0.05) is 0 Å². The Kier molecular flexibility index (Phi) is 4.68. The van der Waals surface area contributed by atoms with Crippen LogP contribution in [0.1, 0.15) is 19.8 Å². The molecule has 0 aromatic rings. The topological polar surface area (TPSA) is 108 Å². The number of carboxylic acid groups (broad SMARTS) is 1. The zero-order chi connectivity index (χ0) is 12.1. The van der Waals surface area contributed by atoms with Crippen LogP contribution in [0, 0.1) is 17.2 Å². The summed E-state index contributed by atoms with van der Waals surface area (Å²) in [5.41, 5.74) is 5.54. The number of aliphatic carboxylic acids is 1. The maximum Gasteiger partial charge on any atom is 0.322 e. The number of carbonyl (C=O) groups is 1. The van der Waals surface area contributed by atoms with E-state index in [2.05, 4.69) is 5.32 Å². The first-order valence-corrected chi connectivity index (χ1v) is 5.30. The van der Waals surface area contributed by atoms with Gasteiger partial charge in [0.25, 0.3) is 0 Å². The van der Waals surface area contributed by atoms with Gasteiger partial charge in [-0.3, -0.25) is 10.1 Å². The minimum Gasteiger partial charge on any atom is -0.480 e. The first-order chi connectivity index (χ1) is 7.54. The lowest BCUT2D eigenvalue weighted by Crippen LogP contribution is -2.53. The average Bonchev–Trinajstić information content (AvgIpc) is 2.25. The molecule has 1 saturated heterocycles. The zero-order valence-corrected chi connectivity index (χ0v) is 9.22. The predicted molar refractivity (Wildman–Crippen MR) is 56.3 cm³/mol. The second-order valence-electron chi connectivity index (χ2n) is 4.09. The van der Waals surface area contributed by atoms with Crippen LogP contribution in [0.4, 0.5) is 0 Å². The summed E-state index contributed by atoms with van der Waals surface area (Å²) in [7, 11) is 0. The first kappa shape index (κ1) is 12.9. The van der Waals surface area contributed by atoms with Gasteiger partial charge in [0, 0.05) is 6.04 Å². The molecule has 4 N–H and O–H groups in total. The lowest BCUT2D eigenvalue weighted by atomic mass is 9.91. The highest BCUT2D eigenvalue weighted by atomic mass is 16.5. The number of nitriles is 1. The van der Waals surface area contributed by atoms with Gasteiger partial charge in [-0.2, -0.15) is 5.26 Å². The Morgan fingerprint density at radius 1 is 1.75 bits per heavy atom. The number of nitrogens with zero attached hydrogens (tertiary/aromatic N) is 1. The van der Waals surface area contributed by atoms with Crippen molar-refractivity contribution in [1.82, 2.24) is 5.32 Å². The van der Waals surface area contributed by atoms with E-state index >= 15 is 0 Å². The lowest BCUT2D eigenvalue weighted by molar-refractivity contribution is -0.143. The molecule has 90 valence electrons. The van der Waals surface area contributed by atoms with E-state index in [1.54, 1.807) is 0 Å². The standard InChI is InChI=1S/C10H17N3O3/c1-6(12)5-16-8-3-2-7(4-11)9(13-8)10(14)15/h6-9,13H,2-3,5,12H2,1H3,(H,14,15). The summed E-state index contributed by atoms with van der Waals surface area (Å²) < 4.78 is 5.41. The van der Waals surface area contributed by atoms with E-state index in [9.17, 15) is 4.79 Å². The minimum atomic E-state index is -1.01. The fourth-order valence-corrected chi connectivity index (χ4v) is 1.68. The van der Waals surface area contributed by atoms with Crippen LogP contribution >= 0.6 is 0 Å². The van der Waals surface area contributed by atoms with Gasteiger partial charge in [-0.15, -0.1) is 0 Å². The van der Waals surface area contributed by atoms with Crippen LogP contribution in [0.3, 0.4) is 0 Å². The number of nitrogens with one attached hydrogen (secondary N) is 1. The molecule has 1 heterocycles. The van der Waals surface area contributed by atoms with Crippen molar-refractivity contribution in [3.8, 4) is 6.07 Å². The largest absolute Gasteiger partial charge is 0.480 e. The molecule has 0 aliphatic carbocycles. The Morgan fingerprint density at radius 2 is 2.44 bits per heavy atom. The number of piperidine rings is 1. The van der Waals surface area contributed by atoms with Gasteiger partial charge in [0.2, 0.25) is 0 Å². The van der Waals surface area contributed by atoms with E-state index in [1.165, 1.54) is 0 Å². The van der Waals surface area contributed by atoms with E-state index in [0.29, 0.717) is 19.4 Å². The van der Waals surface area contributed by atoms with Crippen LogP contribution < -0.4 is 11.1 Å². The van der Waals surface area contributed by atoms with E-state index < -0.39 is 17.9 Å². The number of carboxylic acids is 1. The quantitative estimate of drug-likeness (QED) is 0.606. The third-order valence-corrected chi connectivity index (χ3v) is 2.50. The van der Waals surface area contributed by atoms with Gasteiger partial charge in [0.05, 0.1) is 18.6 Å². The molecule has 4 unspecified atom stereocenters. The van der Waals surface area contributed by atoms with Crippen LogP contribution in [0.5, 0.6) is 0 Å². The normalized spacial score (nSPS) is 31.7. The van der Waals surface area contributed by atoms with Crippen molar-refractivity contribution in [1.29, 1.82) is 5.26 Å². The molecular weight excluding hydrogens is 210 g/mol.